The molecule has 0 spiro atoms. The molecule has 8 nitrogen and oxygen atoms in total. The van der Waals surface area contributed by atoms with Gasteiger partial charge in [0.15, 0.2) is 17.3 Å². The van der Waals surface area contributed by atoms with Crippen LogP contribution in [-0.4, -0.2) is 31.2 Å². The maximum Gasteiger partial charge on any atom is 0.337 e. The van der Waals surface area contributed by atoms with Crippen LogP contribution in [0, 0.1) is 17.5 Å². The molecule has 0 saturated heterocycles. The lowest BCUT2D eigenvalue weighted by Gasteiger charge is -2.30. The van der Waals surface area contributed by atoms with Crippen LogP contribution < -0.4 is 16.6 Å². The molecule has 37 heavy (non-hydrogen) atoms. The van der Waals surface area contributed by atoms with Gasteiger partial charge in [0, 0.05) is 23.7 Å². The molecule has 4 aromatic rings. The van der Waals surface area contributed by atoms with Crippen molar-refractivity contribution in [2.45, 2.75) is 37.8 Å². The number of nitrogens with zero attached hydrogens (tertiary/aromatic N) is 3. The molecule has 0 aliphatic heterocycles. The number of pyridine rings is 1. The zero-order valence-corrected chi connectivity index (χ0v) is 19.3. The Kier molecular flexibility index (Phi) is 6.28. The van der Waals surface area contributed by atoms with Crippen LogP contribution in [0.2, 0.25) is 0 Å². The Bertz CT molecular complexity index is 1640. The molecule has 190 valence electrons. The molecule has 0 radical (unpaired) electrons. The Balaban J connectivity index is 1.48. The molecule has 0 bridgehead atoms. The first-order valence-corrected chi connectivity index (χ1v) is 11.6. The third kappa shape index (κ3) is 4.59. The third-order valence-corrected chi connectivity index (χ3v) is 6.56. The molecule has 1 saturated carbocycles. The fourth-order valence-corrected chi connectivity index (χ4v) is 4.76. The molecule has 2 aromatic heterocycles. The number of hydrogen-bond donors (Lipinski definition) is 2. The highest BCUT2D eigenvalue weighted by Crippen LogP contribution is 2.28. The average molecular weight is 510 g/mol. The van der Waals surface area contributed by atoms with Gasteiger partial charge in [0.05, 0.1) is 17.3 Å². The maximum absolute atomic E-state index is 14.0. The van der Waals surface area contributed by atoms with E-state index >= 15 is 0 Å². The van der Waals surface area contributed by atoms with Gasteiger partial charge in [-0.1, -0.05) is 6.07 Å². The lowest BCUT2D eigenvalue weighted by molar-refractivity contribution is 0.0921. The summed E-state index contributed by atoms with van der Waals surface area (Å²) < 4.78 is 43.5. The van der Waals surface area contributed by atoms with E-state index in [2.05, 4.69) is 10.3 Å². The number of amides is 1. The molecule has 1 amide bonds. The van der Waals surface area contributed by atoms with Gasteiger partial charge in [-0.3, -0.25) is 14.2 Å². The van der Waals surface area contributed by atoms with E-state index in [0.29, 0.717) is 31.2 Å². The number of nitrogens with one attached hydrogen (secondary N) is 1. The molecular formula is C26H21F3N4O4. The predicted octanol–water partition coefficient (Wildman–Crippen LogP) is 3.58. The summed E-state index contributed by atoms with van der Waals surface area (Å²) in [6.45, 7) is 0. The number of fused-ring (bicyclic) bond motifs is 1. The fraction of sp³-hybridized carbons (Fsp3) is 0.231. The molecule has 11 heteroatoms. The minimum Gasteiger partial charge on any atom is -0.508 e. The van der Waals surface area contributed by atoms with Crippen molar-refractivity contribution in [2.24, 2.45) is 0 Å². The molecule has 2 heterocycles. The van der Waals surface area contributed by atoms with E-state index in [-0.39, 0.29) is 34.4 Å². The largest absolute Gasteiger partial charge is 0.508 e. The highest BCUT2D eigenvalue weighted by atomic mass is 19.2. The summed E-state index contributed by atoms with van der Waals surface area (Å²) >= 11 is 0. The second kappa shape index (κ2) is 9.57. The smallest absolute Gasteiger partial charge is 0.337 e. The zero-order chi connectivity index (χ0) is 26.3. The summed E-state index contributed by atoms with van der Waals surface area (Å²) in [6.07, 6.45) is 2.44. The molecule has 5 rings (SSSR count). The van der Waals surface area contributed by atoms with Gasteiger partial charge >= 0.3 is 5.69 Å². The van der Waals surface area contributed by atoms with Gasteiger partial charge in [-0.25, -0.2) is 27.5 Å². The number of aromatic hydroxyl groups is 1. The van der Waals surface area contributed by atoms with Crippen molar-refractivity contribution in [1.29, 1.82) is 0 Å². The number of hydrogen-bond acceptors (Lipinski definition) is 5. The highest BCUT2D eigenvalue weighted by molar-refractivity contribution is 5.94. The van der Waals surface area contributed by atoms with E-state index in [0.717, 1.165) is 33.5 Å². The summed E-state index contributed by atoms with van der Waals surface area (Å²) in [5.74, 6) is -3.48. The summed E-state index contributed by atoms with van der Waals surface area (Å²) in [5, 5.41) is 12.3. The average Bonchev–Trinajstić information content (AvgIpc) is 2.87. The van der Waals surface area contributed by atoms with Gasteiger partial charge in [0.25, 0.3) is 11.5 Å². The first-order chi connectivity index (χ1) is 17.7. The quantitative estimate of drug-likeness (QED) is 0.437. The summed E-state index contributed by atoms with van der Waals surface area (Å²) in [7, 11) is 0. The van der Waals surface area contributed by atoms with Gasteiger partial charge in [-0.05, 0) is 62.1 Å². The number of carbonyl (C=O) groups is 1. The molecular weight excluding hydrogens is 489 g/mol. The van der Waals surface area contributed by atoms with Gasteiger partial charge < -0.3 is 10.4 Å². The topological polar surface area (TPSA) is 106 Å². The van der Waals surface area contributed by atoms with E-state index in [9.17, 15) is 32.7 Å². The molecule has 1 fully saturated rings. The first kappa shape index (κ1) is 24.3. The monoisotopic (exact) mass is 510 g/mol. The van der Waals surface area contributed by atoms with Crippen molar-refractivity contribution < 1.29 is 23.1 Å². The second-order valence-corrected chi connectivity index (χ2v) is 8.95. The van der Waals surface area contributed by atoms with E-state index < -0.39 is 34.7 Å². The second-order valence-electron chi connectivity index (χ2n) is 8.95. The van der Waals surface area contributed by atoms with E-state index in [4.69, 9.17) is 0 Å². The minimum absolute atomic E-state index is 0.0321. The molecule has 2 aromatic carbocycles. The number of phenols is 1. The van der Waals surface area contributed by atoms with Gasteiger partial charge in [-0.2, -0.15) is 0 Å². The van der Waals surface area contributed by atoms with Crippen LogP contribution in [0.1, 0.15) is 42.1 Å². The highest BCUT2D eigenvalue weighted by Gasteiger charge is 2.28. The summed E-state index contributed by atoms with van der Waals surface area (Å²) in [4.78, 5) is 43.3. The van der Waals surface area contributed by atoms with Crippen LogP contribution in [0.25, 0.3) is 16.7 Å². The molecule has 0 atom stereocenters. The number of rotatable bonds is 4. The fourth-order valence-electron chi connectivity index (χ4n) is 4.76. The van der Waals surface area contributed by atoms with Crippen LogP contribution in [0.15, 0.2) is 64.3 Å². The van der Waals surface area contributed by atoms with Crippen molar-refractivity contribution >= 4 is 16.9 Å². The predicted molar refractivity (Wildman–Crippen MR) is 128 cm³/mol. The normalized spacial score (nSPS) is 17.6. The van der Waals surface area contributed by atoms with Crippen LogP contribution >= 0.6 is 0 Å². The van der Waals surface area contributed by atoms with Crippen molar-refractivity contribution in [3.05, 3.63) is 98.6 Å². The lowest BCUT2D eigenvalue weighted by Crippen LogP contribution is -2.45. The third-order valence-electron chi connectivity index (χ3n) is 6.56. The van der Waals surface area contributed by atoms with Crippen molar-refractivity contribution in [3.63, 3.8) is 0 Å². The molecule has 2 N–H and O–H groups in total. The standard InChI is InChI=1S/C26H21F3N4O4/c27-15-11-20-23(30-13-15)32(18-8-9-21(28)22(29)12-18)26(37)33(25(20)36)17-6-4-16(5-7-17)31-24(35)14-2-1-3-19(34)10-14/h1-3,8-13,16-17,34H,4-7H2,(H,31,35). The maximum atomic E-state index is 14.0. The van der Waals surface area contributed by atoms with E-state index in [1.54, 1.807) is 12.1 Å². The van der Waals surface area contributed by atoms with E-state index in [1.807, 2.05) is 0 Å². The van der Waals surface area contributed by atoms with Crippen LogP contribution in [0.4, 0.5) is 13.2 Å². The Labute approximate surface area is 207 Å². The van der Waals surface area contributed by atoms with Crippen LogP contribution in [-0.2, 0) is 0 Å². The minimum atomic E-state index is -1.19. The first-order valence-electron chi connectivity index (χ1n) is 11.6. The number of aromatic nitrogens is 3. The van der Waals surface area contributed by atoms with Crippen molar-refractivity contribution in [2.75, 3.05) is 0 Å². The van der Waals surface area contributed by atoms with Crippen LogP contribution in [0.3, 0.4) is 0 Å². The number of carbonyl (C=O) groups excluding carboxylic acids is 1. The Hall–Kier alpha value is -4.41. The zero-order valence-electron chi connectivity index (χ0n) is 19.3. The Morgan fingerprint density at radius 3 is 2.43 bits per heavy atom. The Morgan fingerprint density at radius 2 is 1.73 bits per heavy atom. The number of halogens is 3. The van der Waals surface area contributed by atoms with Crippen molar-refractivity contribution in [3.8, 4) is 11.4 Å². The van der Waals surface area contributed by atoms with Gasteiger partial charge in [-0.15, -0.1) is 0 Å². The molecule has 1 aliphatic rings. The summed E-state index contributed by atoms with van der Waals surface area (Å²) in [6, 6.07) is 8.93. The molecule has 0 unspecified atom stereocenters. The SMILES string of the molecule is O=C(NC1CCC(n2c(=O)c3cc(F)cnc3n(-c3ccc(F)c(F)c3)c2=O)CC1)c1cccc(O)c1. The summed E-state index contributed by atoms with van der Waals surface area (Å²) in [5.41, 5.74) is -1.48. The van der Waals surface area contributed by atoms with Gasteiger partial charge in [0.1, 0.15) is 11.6 Å². The number of benzene rings is 2. The Morgan fingerprint density at radius 1 is 0.973 bits per heavy atom. The number of phenolic OH excluding ortho intramolecular Hbond substituents is 1. The van der Waals surface area contributed by atoms with E-state index in [1.165, 1.54) is 18.2 Å². The van der Waals surface area contributed by atoms with Gasteiger partial charge in [0.2, 0.25) is 0 Å². The van der Waals surface area contributed by atoms with Crippen molar-refractivity contribution in [1.82, 2.24) is 19.4 Å². The molecule has 1 aliphatic carbocycles. The lowest BCUT2D eigenvalue weighted by atomic mass is 9.90. The van der Waals surface area contributed by atoms with Crippen LogP contribution in [0.5, 0.6) is 5.75 Å².